The number of hydrogen-bond acceptors (Lipinski definition) is 24. The largest absolute Gasteiger partial charge is 0.394 e. The molecular formula is C54H92O24. The molecule has 0 amide bonds. The highest BCUT2D eigenvalue weighted by Crippen LogP contribution is 2.75. The van der Waals surface area contributed by atoms with E-state index < -0.39 is 184 Å². The Kier molecular flexibility index (Phi) is 19.1. The average Bonchev–Trinajstić information content (AvgIpc) is 3.21. The van der Waals surface area contributed by atoms with Gasteiger partial charge in [-0.3, -0.25) is 0 Å². The number of aliphatic hydroxyl groups is 16. The van der Waals surface area contributed by atoms with Gasteiger partial charge < -0.3 is 120 Å². The van der Waals surface area contributed by atoms with Crippen molar-refractivity contribution >= 4 is 0 Å². The second-order valence-corrected chi connectivity index (χ2v) is 25.9. The molecule has 3 saturated carbocycles. The molecule has 4 heterocycles. The van der Waals surface area contributed by atoms with Gasteiger partial charge in [0.2, 0.25) is 0 Å². The Hall–Kier alpha value is -1.22. The van der Waals surface area contributed by atoms with E-state index in [4.69, 9.17) is 37.9 Å². The van der Waals surface area contributed by atoms with Crippen molar-refractivity contribution in [2.24, 2.45) is 45.3 Å². The summed E-state index contributed by atoms with van der Waals surface area (Å²) < 4.78 is 47.7. The van der Waals surface area contributed by atoms with Crippen LogP contribution in [-0.2, 0) is 37.9 Å². The Morgan fingerprint density at radius 2 is 1.09 bits per heavy atom. The number of allylic oxidation sites excluding steroid dienone is 1. The van der Waals surface area contributed by atoms with Crippen molar-refractivity contribution in [2.45, 2.75) is 253 Å². The first-order chi connectivity index (χ1) is 36.4. The third-order valence-corrected chi connectivity index (χ3v) is 20.8. The normalized spacial score (nSPS) is 51.4. The van der Waals surface area contributed by atoms with Gasteiger partial charge in [-0.1, -0.05) is 53.2 Å². The second-order valence-electron chi connectivity index (χ2n) is 25.9. The summed E-state index contributed by atoms with van der Waals surface area (Å²) in [7, 11) is 0. The predicted octanol–water partition coefficient (Wildman–Crippen LogP) is -3.23. The van der Waals surface area contributed by atoms with Crippen molar-refractivity contribution in [2.75, 3.05) is 26.4 Å². The van der Waals surface area contributed by atoms with E-state index >= 15 is 0 Å². The molecule has 4 saturated heterocycles. The Balaban J connectivity index is 0.987. The number of rotatable bonds is 17. The monoisotopic (exact) mass is 1120 g/mol. The third kappa shape index (κ3) is 11.0. The van der Waals surface area contributed by atoms with Crippen LogP contribution in [0.4, 0.5) is 0 Å². The van der Waals surface area contributed by atoms with Crippen LogP contribution in [0.25, 0.3) is 0 Å². The summed E-state index contributed by atoms with van der Waals surface area (Å²) in [6.45, 7) is 13.5. The summed E-state index contributed by atoms with van der Waals surface area (Å²) in [4.78, 5) is 0. The van der Waals surface area contributed by atoms with E-state index in [9.17, 15) is 81.7 Å². The van der Waals surface area contributed by atoms with E-state index in [0.717, 1.165) is 18.4 Å². The summed E-state index contributed by atoms with van der Waals surface area (Å²) in [5.74, 6) is 0.223. The van der Waals surface area contributed by atoms with Crippen LogP contribution < -0.4 is 0 Å². The maximum atomic E-state index is 12.7. The third-order valence-electron chi connectivity index (χ3n) is 20.8. The molecule has 8 rings (SSSR count). The SMILES string of the molecule is CC(CCC(O[C@@H]1O[C@H](CO[C@@H]2O[C@H](CO)[C@@H](O)[C@H](O)[C@H]2O)[C@@H](O)[C@H](O)[C@H]1O[C@@H]1O[C@H](CO)[C@@H](O)[C@H](O)[C@H]1O)C(C)(C)O)C1CC[C@@]2(C)C3CC=C4C(CCC(O[C@@H]5O[C@H](CO)[C@@H](O)[C@H](O)[C@H]5O)C4(C)C)C3(C)[C@H](O)CC12C. The fourth-order valence-electron chi connectivity index (χ4n) is 15.6. The molecule has 0 aromatic carbocycles. The molecular weight excluding hydrogens is 1030 g/mol. The maximum absolute atomic E-state index is 12.7. The topological polar surface area (TPSA) is 398 Å². The highest BCUT2D eigenvalue weighted by atomic mass is 16.8. The zero-order valence-electron chi connectivity index (χ0n) is 46.1. The fourth-order valence-corrected chi connectivity index (χ4v) is 15.6. The molecule has 0 aromatic heterocycles. The molecule has 16 N–H and O–H groups in total. The number of fused-ring (bicyclic) bond motifs is 5. The fraction of sp³-hybridized carbons (Fsp3) is 0.963. The smallest absolute Gasteiger partial charge is 0.187 e. The van der Waals surface area contributed by atoms with E-state index in [0.29, 0.717) is 32.1 Å². The van der Waals surface area contributed by atoms with Gasteiger partial charge in [0.25, 0.3) is 0 Å². The first-order valence-electron chi connectivity index (χ1n) is 28.0. The summed E-state index contributed by atoms with van der Waals surface area (Å²) >= 11 is 0. The van der Waals surface area contributed by atoms with E-state index in [2.05, 4.69) is 47.6 Å². The molecule has 24 nitrogen and oxygen atoms in total. The maximum Gasteiger partial charge on any atom is 0.187 e. The van der Waals surface area contributed by atoms with Crippen LogP contribution in [0.5, 0.6) is 0 Å². The molecule has 0 radical (unpaired) electrons. The summed E-state index contributed by atoms with van der Waals surface area (Å²) in [6.07, 6.45) is -27.6. The molecule has 8 aliphatic rings. The molecule has 0 spiro atoms. The minimum absolute atomic E-state index is 0.00555. The lowest BCUT2D eigenvalue weighted by molar-refractivity contribution is -0.380. The van der Waals surface area contributed by atoms with Gasteiger partial charge in [-0.05, 0) is 99.7 Å². The van der Waals surface area contributed by atoms with Crippen molar-refractivity contribution in [3.63, 3.8) is 0 Å². The van der Waals surface area contributed by atoms with Gasteiger partial charge in [0.05, 0.1) is 50.3 Å². The van der Waals surface area contributed by atoms with Crippen LogP contribution >= 0.6 is 0 Å². The lowest BCUT2D eigenvalue weighted by Crippen LogP contribution is -2.65. The Morgan fingerprint density at radius 3 is 1.63 bits per heavy atom. The first-order valence-corrected chi connectivity index (χ1v) is 28.0. The predicted molar refractivity (Wildman–Crippen MR) is 268 cm³/mol. The summed E-state index contributed by atoms with van der Waals surface area (Å²) in [5, 5.41) is 172. The average molecular weight is 1130 g/mol. The number of hydrogen-bond donors (Lipinski definition) is 16. The van der Waals surface area contributed by atoms with Crippen LogP contribution in [0.1, 0.15) is 107 Å². The molecule has 4 aliphatic carbocycles. The van der Waals surface area contributed by atoms with Crippen molar-refractivity contribution in [3.05, 3.63) is 11.6 Å². The van der Waals surface area contributed by atoms with Gasteiger partial charge >= 0.3 is 0 Å². The van der Waals surface area contributed by atoms with Crippen LogP contribution in [-0.4, -0.2) is 255 Å². The Bertz CT molecular complexity index is 2020. The molecule has 0 aromatic rings. The minimum Gasteiger partial charge on any atom is -0.394 e. The summed E-state index contributed by atoms with van der Waals surface area (Å²) in [6, 6.07) is 0. The quantitative estimate of drug-likeness (QED) is 0.0637. The van der Waals surface area contributed by atoms with Crippen molar-refractivity contribution < 1.29 is 120 Å². The van der Waals surface area contributed by atoms with Crippen molar-refractivity contribution in [1.82, 2.24) is 0 Å². The highest BCUT2D eigenvalue weighted by Gasteiger charge is 2.70. The lowest BCUT2D eigenvalue weighted by Gasteiger charge is -2.67. The summed E-state index contributed by atoms with van der Waals surface area (Å²) in [5.41, 5.74) is -2.07. The van der Waals surface area contributed by atoms with Crippen LogP contribution in [0, 0.1) is 45.3 Å². The highest BCUT2D eigenvalue weighted by molar-refractivity contribution is 5.32. The zero-order valence-corrected chi connectivity index (χ0v) is 46.1. The van der Waals surface area contributed by atoms with Gasteiger partial charge in [0.15, 0.2) is 25.2 Å². The van der Waals surface area contributed by atoms with E-state index in [-0.39, 0.29) is 40.9 Å². The van der Waals surface area contributed by atoms with Crippen LogP contribution in [0.3, 0.4) is 0 Å². The van der Waals surface area contributed by atoms with Gasteiger partial charge in [-0.2, -0.15) is 0 Å². The molecule has 24 heteroatoms. The van der Waals surface area contributed by atoms with Crippen LogP contribution in [0.15, 0.2) is 11.6 Å². The zero-order chi connectivity index (χ0) is 57.5. The molecule has 4 aliphatic heterocycles. The minimum atomic E-state index is -1.93. The standard InChI is InChI=1S/C54H92O24/c1-22(23-15-16-52(6)30-12-10-24-25(54(30,8)31(58)17-53(23,52)7)11-14-32(50(24,2)3)76-47-43(68)39(64)35(60)27(19-56)73-47)9-13-33(51(4,5)70)77-49-45(78-48-44(69)40(65)36(61)28(20-57)74-48)41(66)37(62)29(75-49)21-71-46-42(67)38(63)34(59)26(18-55)72-46/h10,22-23,25-49,55-70H,9,11-21H2,1-8H3/t22?,23?,25?,26-,27-,28-,29-,30?,31-,32?,33?,34-,35-,36-,37-,38+,39+,40+,41+,42-,43-,44-,45-,46-,47+,48+,49+,52+,53?,54?/m1/s1. The molecule has 8 unspecified atom stereocenters. The number of ether oxygens (including phenoxy) is 8. The molecule has 7 fully saturated rings. The second kappa shape index (κ2) is 23.7. The van der Waals surface area contributed by atoms with Crippen LogP contribution in [0.2, 0.25) is 0 Å². The number of aliphatic hydroxyl groups excluding tert-OH is 15. The Labute approximate surface area is 455 Å². The Morgan fingerprint density at radius 1 is 0.590 bits per heavy atom. The van der Waals surface area contributed by atoms with E-state index in [1.54, 1.807) is 0 Å². The van der Waals surface area contributed by atoms with Crippen molar-refractivity contribution in [1.29, 1.82) is 0 Å². The molecule has 30 atom stereocenters. The molecule has 78 heavy (non-hydrogen) atoms. The van der Waals surface area contributed by atoms with E-state index in [1.807, 2.05) is 0 Å². The lowest BCUT2D eigenvalue weighted by atomic mass is 9.38. The van der Waals surface area contributed by atoms with Gasteiger partial charge in [0, 0.05) is 10.8 Å². The van der Waals surface area contributed by atoms with Gasteiger partial charge in [0.1, 0.15) is 97.7 Å². The van der Waals surface area contributed by atoms with Crippen molar-refractivity contribution in [3.8, 4) is 0 Å². The van der Waals surface area contributed by atoms with Gasteiger partial charge in [-0.15, -0.1) is 0 Å². The molecule has 0 bridgehead atoms. The first kappa shape index (κ1) is 62.8. The van der Waals surface area contributed by atoms with E-state index in [1.165, 1.54) is 13.8 Å². The van der Waals surface area contributed by atoms with Gasteiger partial charge in [-0.25, -0.2) is 0 Å². The molecule has 452 valence electrons.